The molecule has 0 atom stereocenters. The lowest BCUT2D eigenvalue weighted by atomic mass is 10.1. The zero-order valence-electron chi connectivity index (χ0n) is 13.6. The predicted octanol–water partition coefficient (Wildman–Crippen LogP) is 4.07. The Morgan fingerprint density at radius 3 is 3.08 bits per heavy atom. The molecular formula is C17H19N3O2S2. The average molecular weight is 361 g/mol. The molecule has 24 heavy (non-hydrogen) atoms. The molecule has 0 saturated heterocycles. The van der Waals surface area contributed by atoms with Gasteiger partial charge in [0, 0.05) is 24.2 Å². The number of nitrogens with one attached hydrogen (secondary N) is 1. The van der Waals surface area contributed by atoms with Gasteiger partial charge in [-0.3, -0.25) is 4.79 Å². The van der Waals surface area contributed by atoms with E-state index in [-0.39, 0.29) is 11.8 Å². The van der Waals surface area contributed by atoms with Crippen LogP contribution in [0.15, 0.2) is 33.6 Å². The Bertz CT molecular complexity index is 812. The molecule has 126 valence electrons. The molecule has 5 nitrogen and oxygen atoms in total. The third-order valence-electron chi connectivity index (χ3n) is 3.55. The smallest absolute Gasteiger partial charge is 0.257 e. The fraction of sp³-hybridized carbons (Fsp3) is 0.353. The van der Waals surface area contributed by atoms with Crippen LogP contribution in [-0.2, 0) is 5.75 Å². The predicted molar refractivity (Wildman–Crippen MR) is 98.7 cm³/mol. The van der Waals surface area contributed by atoms with E-state index in [9.17, 15) is 4.79 Å². The first-order valence-electron chi connectivity index (χ1n) is 7.77. The van der Waals surface area contributed by atoms with Crippen molar-refractivity contribution in [1.29, 1.82) is 0 Å². The Kier molecular flexibility index (Phi) is 5.52. The highest BCUT2D eigenvalue weighted by Crippen LogP contribution is 2.24. The molecule has 3 rings (SSSR count). The van der Waals surface area contributed by atoms with Crippen molar-refractivity contribution in [3.8, 4) is 0 Å². The van der Waals surface area contributed by atoms with Gasteiger partial charge in [0.1, 0.15) is 0 Å². The number of thiophene rings is 1. The summed E-state index contributed by atoms with van der Waals surface area (Å²) in [5.74, 6) is 1.96. The summed E-state index contributed by atoms with van der Waals surface area (Å²) in [6.45, 7) is 4.70. The zero-order chi connectivity index (χ0) is 16.9. The minimum atomic E-state index is -0.114. The van der Waals surface area contributed by atoms with Crippen LogP contribution in [-0.4, -0.2) is 28.3 Å². The molecule has 1 N–H and O–H groups in total. The third-order valence-corrected chi connectivity index (χ3v) is 5.31. The Morgan fingerprint density at radius 2 is 2.33 bits per heavy atom. The number of amides is 1. The van der Waals surface area contributed by atoms with Gasteiger partial charge in [0.25, 0.3) is 11.6 Å². The lowest BCUT2D eigenvalue weighted by molar-refractivity contribution is 0.0956. The van der Waals surface area contributed by atoms with Gasteiger partial charge in [-0.05, 0) is 34.4 Å². The zero-order valence-corrected chi connectivity index (χ0v) is 15.2. The Morgan fingerprint density at radius 1 is 1.46 bits per heavy atom. The van der Waals surface area contributed by atoms with Gasteiger partial charge in [0.05, 0.1) is 16.6 Å². The molecular weight excluding hydrogens is 342 g/mol. The van der Waals surface area contributed by atoms with Crippen LogP contribution in [0.2, 0.25) is 0 Å². The summed E-state index contributed by atoms with van der Waals surface area (Å²) >= 11 is 3.52. The summed E-state index contributed by atoms with van der Waals surface area (Å²) in [7, 11) is 0. The van der Waals surface area contributed by atoms with E-state index in [0.29, 0.717) is 17.8 Å². The fourth-order valence-electron chi connectivity index (χ4n) is 2.29. The molecule has 0 unspecified atom stereocenters. The van der Waals surface area contributed by atoms with E-state index in [1.807, 2.05) is 31.7 Å². The quantitative estimate of drug-likeness (QED) is 0.643. The lowest BCUT2D eigenvalue weighted by Crippen LogP contribution is -2.25. The number of aromatic nitrogens is 2. The van der Waals surface area contributed by atoms with Crippen LogP contribution < -0.4 is 5.32 Å². The van der Waals surface area contributed by atoms with Crippen LogP contribution in [0, 0.1) is 0 Å². The normalized spacial score (nSPS) is 11.3. The van der Waals surface area contributed by atoms with E-state index >= 15 is 0 Å². The average Bonchev–Trinajstić information content (AvgIpc) is 3.22. The van der Waals surface area contributed by atoms with Crippen LogP contribution in [0.3, 0.4) is 0 Å². The molecule has 3 heterocycles. The van der Waals surface area contributed by atoms with Crippen LogP contribution in [0.5, 0.6) is 0 Å². The van der Waals surface area contributed by atoms with Crippen molar-refractivity contribution in [1.82, 2.24) is 15.5 Å². The monoisotopic (exact) mass is 361 g/mol. The number of rotatable bonds is 7. The molecule has 7 heteroatoms. The first-order chi connectivity index (χ1) is 11.6. The number of carbonyl (C=O) groups excluding carboxylic acids is 1. The largest absolute Gasteiger partial charge is 0.351 e. The maximum Gasteiger partial charge on any atom is 0.257 e. The standard InChI is InChI=1S/C17H19N3O2S2/c1-11(2)15-14-7-13(8-19-17(14)22-20-15)16(21)18-4-6-24-10-12-3-5-23-9-12/h3,5,7-9,11H,4,6,10H2,1-2H3,(H,18,21). The highest BCUT2D eigenvalue weighted by Gasteiger charge is 2.15. The number of carbonyl (C=O) groups is 1. The van der Waals surface area contributed by atoms with E-state index in [4.69, 9.17) is 4.52 Å². The molecule has 3 aromatic heterocycles. The Balaban J connectivity index is 1.54. The topological polar surface area (TPSA) is 68.0 Å². The summed E-state index contributed by atoms with van der Waals surface area (Å²) < 4.78 is 5.20. The van der Waals surface area contributed by atoms with Crippen LogP contribution in [0.1, 0.15) is 41.4 Å². The maximum atomic E-state index is 12.3. The van der Waals surface area contributed by atoms with Crippen molar-refractivity contribution >= 4 is 40.1 Å². The second-order valence-electron chi connectivity index (χ2n) is 5.74. The van der Waals surface area contributed by atoms with E-state index in [1.54, 1.807) is 11.3 Å². The summed E-state index contributed by atoms with van der Waals surface area (Å²) in [5, 5.41) is 12.0. The molecule has 0 aliphatic heterocycles. The van der Waals surface area contributed by atoms with Crippen LogP contribution >= 0.6 is 23.1 Å². The first-order valence-corrected chi connectivity index (χ1v) is 9.87. The van der Waals surface area contributed by atoms with E-state index < -0.39 is 0 Å². The number of nitrogens with zero attached hydrogens (tertiary/aromatic N) is 2. The highest BCUT2D eigenvalue weighted by molar-refractivity contribution is 7.98. The van der Waals surface area contributed by atoms with Gasteiger partial charge in [-0.1, -0.05) is 19.0 Å². The minimum absolute atomic E-state index is 0.114. The second-order valence-corrected chi connectivity index (χ2v) is 7.62. The van der Waals surface area contributed by atoms with Crippen LogP contribution in [0.25, 0.3) is 11.1 Å². The number of hydrogen-bond acceptors (Lipinski definition) is 6. The van der Waals surface area contributed by atoms with E-state index in [0.717, 1.165) is 22.6 Å². The van der Waals surface area contributed by atoms with Crippen molar-refractivity contribution < 1.29 is 9.32 Å². The summed E-state index contributed by atoms with van der Waals surface area (Å²) in [6.07, 6.45) is 1.53. The van der Waals surface area contributed by atoms with Gasteiger partial charge >= 0.3 is 0 Å². The summed E-state index contributed by atoms with van der Waals surface area (Å²) in [6, 6.07) is 3.93. The molecule has 0 bridgehead atoms. The third kappa shape index (κ3) is 3.96. The van der Waals surface area contributed by atoms with Crippen molar-refractivity contribution in [2.75, 3.05) is 12.3 Å². The van der Waals surface area contributed by atoms with E-state index in [2.05, 4.69) is 32.3 Å². The SMILES string of the molecule is CC(C)c1noc2ncc(C(=O)NCCSCc3ccsc3)cc12. The lowest BCUT2D eigenvalue weighted by Gasteiger charge is -2.05. The van der Waals surface area contributed by atoms with Crippen LogP contribution in [0.4, 0.5) is 0 Å². The molecule has 0 spiro atoms. The Hall–Kier alpha value is -1.86. The molecule has 0 saturated carbocycles. The molecule has 0 aliphatic carbocycles. The first kappa shape index (κ1) is 17.0. The van der Waals surface area contributed by atoms with Crippen molar-refractivity contribution in [2.24, 2.45) is 0 Å². The maximum absolute atomic E-state index is 12.3. The van der Waals surface area contributed by atoms with Crippen molar-refractivity contribution in [3.05, 3.63) is 45.9 Å². The number of hydrogen-bond donors (Lipinski definition) is 1. The molecule has 0 aromatic carbocycles. The number of pyridine rings is 1. The second kappa shape index (κ2) is 7.81. The molecule has 1 amide bonds. The van der Waals surface area contributed by atoms with Gasteiger partial charge in [-0.25, -0.2) is 4.98 Å². The van der Waals surface area contributed by atoms with Crippen molar-refractivity contribution in [3.63, 3.8) is 0 Å². The van der Waals surface area contributed by atoms with Gasteiger partial charge in [0.2, 0.25) is 0 Å². The van der Waals surface area contributed by atoms with Gasteiger partial charge in [-0.2, -0.15) is 23.1 Å². The van der Waals surface area contributed by atoms with Gasteiger partial charge in [-0.15, -0.1) is 0 Å². The summed E-state index contributed by atoms with van der Waals surface area (Å²) in [4.78, 5) is 16.5. The highest BCUT2D eigenvalue weighted by atomic mass is 32.2. The minimum Gasteiger partial charge on any atom is -0.351 e. The van der Waals surface area contributed by atoms with E-state index in [1.165, 1.54) is 11.8 Å². The Labute approximate surface area is 148 Å². The summed E-state index contributed by atoms with van der Waals surface area (Å²) in [5.41, 5.74) is 3.18. The molecule has 0 fully saturated rings. The fourth-order valence-corrected chi connectivity index (χ4v) is 3.87. The molecule has 0 radical (unpaired) electrons. The van der Waals surface area contributed by atoms with Crippen molar-refractivity contribution in [2.45, 2.75) is 25.5 Å². The molecule has 0 aliphatic rings. The van der Waals surface area contributed by atoms with Gasteiger partial charge < -0.3 is 9.84 Å². The van der Waals surface area contributed by atoms with Gasteiger partial charge in [0.15, 0.2) is 0 Å². The number of thioether (sulfide) groups is 1. The number of fused-ring (bicyclic) bond motifs is 1. The molecule has 3 aromatic rings.